The Morgan fingerprint density at radius 2 is 2.25 bits per heavy atom. The van der Waals surface area contributed by atoms with Gasteiger partial charge in [0.15, 0.2) is 0 Å². The molecule has 0 heterocycles. The molecular weight excluding hydrogens is 204 g/mol. The van der Waals surface area contributed by atoms with E-state index in [1.165, 1.54) is 0 Å². The van der Waals surface area contributed by atoms with Gasteiger partial charge in [0, 0.05) is 0 Å². The molecule has 1 aliphatic carbocycles. The summed E-state index contributed by atoms with van der Waals surface area (Å²) in [5.41, 5.74) is -0.662. The van der Waals surface area contributed by atoms with E-state index < -0.39 is 11.5 Å². The lowest BCUT2D eigenvalue weighted by Crippen LogP contribution is -2.55. The minimum Gasteiger partial charge on any atom is -0.480 e. The van der Waals surface area contributed by atoms with Crippen LogP contribution in [0.25, 0.3) is 0 Å². The number of nitrogens with one attached hydrogen (secondary N) is 1. The highest BCUT2D eigenvalue weighted by Crippen LogP contribution is 2.38. The topological polar surface area (TPSA) is 52.6 Å². The monoisotopic (exact) mass is 228 g/mol. The first-order valence-corrected chi connectivity index (χ1v) is 6.16. The van der Waals surface area contributed by atoms with Gasteiger partial charge in [-0.3, -0.25) is 4.79 Å². The molecule has 0 aromatic carbocycles. The van der Waals surface area contributed by atoms with Gasteiger partial charge < -0.3 is 15.3 Å². The lowest BCUT2D eigenvalue weighted by atomic mass is 9.84. The fourth-order valence-corrected chi connectivity index (χ4v) is 2.79. The fraction of sp³-hybridized carbons (Fsp3) is 0.917. The van der Waals surface area contributed by atoms with Crippen LogP contribution in [-0.4, -0.2) is 48.7 Å². The third-order valence-corrected chi connectivity index (χ3v) is 3.62. The van der Waals surface area contributed by atoms with Gasteiger partial charge in [-0.1, -0.05) is 13.3 Å². The molecule has 2 atom stereocenters. The van der Waals surface area contributed by atoms with Gasteiger partial charge in [-0.2, -0.15) is 0 Å². The van der Waals surface area contributed by atoms with Gasteiger partial charge in [0.1, 0.15) is 5.54 Å². The normalized spacial score (nSPS) is 29.9. The van der Waals surface area contributed by atoms with Crippen LogP contribution in [0.3, 0.4) is 0 Å². The molecule has 0 bridgehead atoms. The predicted octanol–water partition coefficient (Wildman–Crippen LogP) is 1.17. The van der Waals surface area contributed by atoms with Gasteiger partial charge in [0.25, 0.3) is 0 Å². The first-order chi connectivity index (χ1) is 7.53. The van der Waals surface area contributed by atoms with Crippen molar-refractivity contribution < 1.29 is 9.90 Å². The Kier molecular flexibility index (Phi) is 4.74. The summed E-state index contributed by atoms with van der Waals surface area (Å²) in [5.74, 6) is -0.400. The Balaban J connectivity index is 2.69. The number of carboxylic acids is 1. The highest BCUT2D eigenvalue weighted by atomic mass is 16.4. The second-order valence-corrected chi connectivity index (χ2v) is 4.99. The van der Waals surface area contributed by atoms with E-state index in [-0.39, 0.29) is 5.92 Å². The Hall–Kier alpha value is -0.610. The standard InChI is InChI=1S/C12H24N2O2/c1-4-13-12(11(15)16)8-5-6-10(12)7-9-14(2)3/h10,13H,4-9H2,1-3H3,(H,15,16). The summed E-state index contributed by atoms with van der Waals surface area (Å²) in [4.78, 5) is 13.6. The van der Waals surface area contributed by atoms with Crippen LogP contribution in [0.2, 0.25) is 0 Å². The van der Waals surface area contributed by atoms with Crippen molar-refractivity contribution in [2.75, 3.05) is 27.2 Å². The molecule has 1 rings (SSSR count). The molecule has 2 unspecified atom stereocenters. The summed E-state index contributed by atoms with van der Waals surface area (Å²) < 4.78 is 0. The molecule has 4 nitrogen and oxygen atoms in total. The van der Waals surface area contributed by atoms with Crippen molar-refractivity contribution in [2.24, 2.45) is 5.92 Å². The molecule has 0 aliphatic heterocycles. The maximum absolute atomic E-state index is 11.5. The summed E-state index contributed by atoms with van der Waals surface area (Å²) in [6.45, 7) is 3.67. The Morgan fingerprint density at radius 3 is 2.75 bits per heavy atom. The molecule has 16 heavy (non-hydrogen) atoms. The highest BCUT2D eigenvalue weighted by Gasteiger charge is 2.48. The molecule has 2 N–H and O–H groups in total. The maximum atomic E-state index is 11.5. The van der Waals surface area contributed by atoms with Crippen LogP contribution >= 0.6 is 0 Å². The average molecular weight is 228 g/mol. The second-order valence-electron chi connectivity index (χ2n) is 4.99. The largest absolute Gasteiger partial charge is 0.480 e. The Labute approximate surface area is 98.0 Å². The van der Waals surface area contributed by atoms with Crippen molar-refractivity contribution in [3.8, 4) is 0 Å². The van der Waals surface area contributed by atoms with E-state index in [4.69, 9.17) is 0 Å². The van der Waals surface area contributed by atoms with Crippen LogP contribution in [0.1, 0.15) is 32.6 Å². The van der Waals surface area contributed by atoms with Crippen LogP contribution in [0.5, 0.6) is 0 Å². The SMILES string of the molecule is CCNC1(C(=O)O)CCCC1CCN(C)C. The van der Waals surface area contributed by atoms with Crippen LogP contribution in [0, 0.1) is 5.92 Å². The van der Waals surface area contributed by atoms with E-state index in [0.717, 1.165) is 38.8 Å². The number of hydrogen-bond acceptors (Lipinski definition) is 3. The van der Waals surface area contributed by atoms with E-state index in [0.29, 0.717) is 0 Å². The fourth-order valence-electron chi connectivity index (χ4n) is 2.79. The van der Waals surface area contributed by atoms with Gasteiger partial charge in [-0.05, 0) is 52.4 Å². The summed E-state index contributed by atoms with van der Waals surface area (Å²) in [7, 11) is 4.06. The first-order valence-electron chi connectivity index (χ1n) is 6.16. The van der Waals surface area contributed by atoms with E-state index in [2.05, 4.69) is 10.2 Å². The summed E-state index contributed by atoms with van der Waals surface area (Å²) in [5, 5.41) is 12.7. The summed E-state index contributed by atoms with van der Waals surface area (Å²) >= 11 is 0. The van der Waals surface area contributed by atoms with Gasteiger partial charge in [0.2, 0.25) is 0 Å². The van der Waals surface area contributed by atoms with E-state index in [9.17, 15) is 9.90 Å². The van der Waals surface area contributed by atoms with Crippen molar-refractivity contribution in [1.29, 1.82) is 0 Å². The molecular formula is C12H24N2O2. The van der Waals surface area contributed by atoms with Crippen LogP contribution in [-0.2, 0) is 4.79 Å². The lowest BCUT2D eigenvalue weighted by Gasteiger charge is -2.32. The van der Waals surface area contributed by atoms with Gasteiger partial charge in [0.05, 0.1) is 0 Å². The molecule has 0 spiro atoms. The first kappa shape index (κ1) is 13.5. The molecule has 4 heteroatoms. The predicted molar refractivity (Wildman–Crippen MR) is 64.6 cm³/mol. The molecule has 0 aromatic rings. The molecule has 1 saturated carbocycles. The zero-order chi connectivity index (χ0) is 12.2. The van der Waals surface area contributed by atoms with E-state index >= 15 is 0 Å². The Bertz CT molecular complexity index is 243. The van der Waals surface area contributed by atoms with Crippen molar-refractivity contribution in [3.05, 3.63) is 0 Å². The van der Waals surface area contributed by atoms with E-state index in [1.54, 1.807) is 0 Å². The van der Waals surface area contributed by atoms with Crippen LogP contribution < -0.4 is 5.32 Å². The number of aliphatic carboxylic acids is 1. The van der Waals surface area contributed by atoms with Crippen molar-refractivity contribution in [3.63, 3.8) is 0 Å². The van der Waals surface area contributed by atoms with Gasteiger partial charge in [-0.15, -0.1) is 0 Å². The number of carbonyl (C=O) groups is 1. The third-order valence-electron chi connectivity index (χ3n) is 3.62. The number of hydrogen-bond donors (Lipinski definition) is 2. The van der Waals surface area contributed by atoms with Crippen LogP contribution in [0.4, 0.5) is 0 Å². The van der Waals surface area contributed by atoms with Gasteiger partial charge in [-0.25, -0.2) is 0 Å². The maximum Gasteiger partial charge on any atom is 0.324 e. The number of rotatable bonds is 6. The molecule has 94 valence electrons. The summed E-state index contributed by atoms with van der Waals surface area (Å²) in [6, 6.07) is 0. The van der Waals surface area contributed by atoms with Crippen molar-refractivity contribution >= 4 is 5.97 Å². The van der Waals surface area contributed by atoms with E-state index in [1.807, 2.05) is 21.0 Å². The number of likely N-dealkylation sites (N-methyl/N-ethyl adjacent to an activating group) is 1. The summed E-state index contributed by atoms with van der Waals surface area (Å²) in [6.07, 6.45) is 3.80. The molecule has 1 aliphatic rings. The minimum absolute atomic E-state index is 0.271. The third kappa shape index (κ3) is 2.74. The van der Waals surface area contributed by atoms with Crippen molar-refractivity contribution in [2.45, 2.75) is 38.1 Å². The smallest absolute Gasteiger partial charge is 0.324 e. The molecule has 0 aromatic heterocycles. The zero-order valence-corrected chi connectivity index (χ0v) is 10.6. The van der Waals surface area contributed by atoms with Crippen LogP contribution in [0.15, 0.2) is 0 Å². The lowest BCUT2D eigenvalue weighted by molar-refractivity contribution is -0.146. The Morgan fingerprint density at radius 1 is 1.56 bits per heavy atom. The zero-order valence-electron chi connectivity index (χ0n) is 10.6. The quantitative estimate of drug-likeness (QED) is 0.716. The highest BCUT2D eigenvalue weighted by molar-refractivity contribution is 5.79. The molecule has 0 saturated heterocycles. The van der Waals surface area contributed by atoms with Crippen molar-refractivity contribution in [1.82, 2.24) is 10.2 Å². The molecule has 0 amide bonds. The second kappa shape index (κ2) is 5.64. The molecule has 1 fully saturated rings. The van der Waals surface area contributed by atoms with Gasteiger partial charge >= 0.3 is 5.97 Å². The number of nitrogens with zero attached hydrogens (tertiary/aromatic N) is 1. The molecule has 0 radical (unpaired) electrons. The average Bonchev–Trinajstić information content (AvgIpc) is 2.60. The minimum atomic E-state index is -0.671. The number of carboxylic acid groups (broad SMARTS) is 1.